The highest BCUT2D eigenvalue weighted by Gasteiger charge is 2.31. The standard InChI is InChI=1S/C18H11F3N2OS/c1-10-4-2-3-5-12(10)16(24)13(9-22)17-23-14-7-6-11(18(19,20)21)8-15(14)25-17/h2-8,13H,1H3. The molecule has 1 unspecified atom stereocenters. The Morgan fingerprint density at radius 1 is 1.24 bits per heavy atom. The average Bonchev–Trinajstić information content (AvgIpc) is 2.97. The first-order chi connectivity index (χ1) is 11.8. The number of nitriles is 1. The minimum Gasteiger partial charge on any atom is -0.292 e. The Balaban J connectivity index is 2.03. The van der Waals surface area contributed by atoms with Crippen molar-refractivity contribution >= 4 is 27.3 Å². The van der Waals surface area contributed by atoms with Crippen molar-refractivity contribution in [3.05, 3.63) is 64.2 Å². The number of thiazole rings is 1. The fourth-order valence-corrected chi connectivity index (χ4v) is 3.52. The molecule has 1 aromatic heterocycles. The number of hydrogen-bond acceptors (Lipinski definition) is 4. The molecule has 2 aromatic carbocycles. The molecule has 0 radical (unpaired) electrons. The minimum atomic E-state index is -4.45. The molecule has 1 heterocycles. The summed E-state index contributed by atoms with van der Waals surface area (Å²) in [5, 5.41) is 9.63. The van der Waals surface area contributed by atoms with E-state index >= 15 is 0 Å². The van der Waals surface area contributed by atoms with E-state index in [-0.39, 0.29) is 5.01 Å². The largest absolute Gasteiger partial charge is 0.416 e. The van der Waals surface area contributed by atoms with E-state index in [0.29, 0.717) is 15.8 Å². The molecule has 0 bridgehead atoms. The van der Waals surface area contributed by atoms with E-state index in [0.717, 1.165) is 29.0 Å². The number of alkyl halides is 3. The number of fused-ring (bicyclic) bond motifs is 1. The molecule has 0 saturated carbocycles. The Bertz CT molecular complexity index is 1000. The van der Waals surface area contributed by atoms with Crippen molar-refractivity contribution in [3.63, 3.8) is 0 Å². The third kappa shape index (κ3) is 3.26. The number of aromatic nitrogens is 1. The molecule has 0 saturated heterocycles. The first kappa shape index (κ1) is 17.1. The maximum absolute atomic E-state index is 12.8. The third-order valence-corrected chi connectivity index (χ3v) is 4.86. The summed E-state index contributed by atoms with van der Waals surface area (Å²) in [6.07, 6.45) is -4.45. The summed E-state index contributed by atoms with van der Waals surface area (Å²) in [6.45, 7) is 1.76. The van der Waals surface area contributed by atoms with Crippen LogP contribution in [0.4, 0.5) is 13.2 Å². The van der Waals surface area contributed by atoms with Crippen LogP contribution in [0, 0.1) is 18.3 Å². The second kappa shape index (κ2) is 6.30. The normalized spacial score (nSPS) is 12.8. The van der Waals surface area contributed by atoms with Gasteiger partial charge in [-0.25, -0.2) is 4.98 Å². The highest BCUT2D eigenvalue weighted by Crippen LogP contribution is 2.35. The molecule has 0 N–H and O–H groups in total. The van der Waals surface area contributed by atoms with E-state index in [4.69, 9.17) is 0 Å². The van der Waals surface area contributed by atoms with Crippen LogP contribution in [0.15, 0.2) is 42.5 Å². The van der Waals surface area contributed by atoms with Gasteiger partial charge in [0.25, 0.3) is 0 Å². The summed E-state index contributed by atoms with van der Waals surface area (Å²) in [5.41, 5.74) is 0.692. The quantitative estimate of drug-likeness (QED) is 0.610. The first-order valence-corrected chi connectivity index (χ1v) is 8.10. The zero-order chi connectivity index (χ0) is 18.2. The van der Waals surface area contributed by atoms with Gasteiger partial charge in [0.15, 0.2) is 11.7 Å². The zero-order valence-corrected chi connectivity index (χ0v) is 13.8. The average molecular weight is 360 g/mol. The topological polar surface area (TPSA) is 53.8 Å². The molecule has 0 aliphatic carbocycles. The summed E-state index contributed by atoms with van der Waals surface area (Å²) >= 11 is 0.935. The molecule has 126 valence electrons. The van der Waals surface area contributed by atoms with Crippen LogP contribution in [0.5, 0.6) is 0 Å². The fourth-order valence-electron chi connectivity index (χ4n) is 2.47. The van der Waals surface area contributed by atoms with Crippen molar-refractivity contribution < 1.29 is 18.0 Å². The molecular formula is C18H11F3N2OS. The Labute approximate surface area is 145 Å². The summed E-state index contributed by atoms with van der Waals surface area (Å²) < 4.78 is 38.8. The Kier molecular flexibility index (Phi) is 4.31. The summed E-state index contributed by atoms with van der Waals surface area (Å²) in [6, 6.07) is 12.0. The maximum Gasteiger partial charge on any atom is 0.416 e. The lowest BCUT2D eigenvalue weighted by Gasteiger charge is -2.07. The lowest BCUT2D eigenvalue weighted by atomic mass is 9.96. The van der Waals surface area contributed by atoms with E-state index in [1.807, 2.05) is 6.07 Å². The van der Waals surface area contributed by atoms with E-state index in [9.17, 15) is 23.2 Å². The molecule has 3 aromatic rings. The summed E-state index contributed by atoms with van der Waals surface area (Å²) in [5.74, 6) is -1.55. The molecule has 7 heteroatoms. The minimum absolute atomic E-state index is 0.199. The van der Waals surface area contributed by atoms with E-state index in [2.05, 4.69) is 4.98 Å². The smallest absolute Gasteiger partial charge is 0.292 e. The van der Waals surface area contributed by atoms with Crippen LogP contribution in [-0.2, 0) is 6.18 Å². The van der Waals surface area contributed by atoms with Gasteiger partial charge in [0.2, 0.25) is 0 Å². The number of carbonyl (C=O) groups excluding carboxylic acids is 1. The SMILES string of the molecule is Cc1ccccc1C(=O)C(C#N)c1nc2ccc(C(F)(F)F)cc2s1. The number of rotatable bonds is 3. The van der Waals surface area contributed by atoms with Gasteiger partial charge < -0.3 is 0 Å². The van der Waals surface area contributed by atoms with Crippen LogP contribution in [0.1, 0.15) is 32.4 Å². The summed E-state index contributed by atoms with van der Waals surface area (Å²) in [4.78, 5) is 16.9. The predicted octanol–water partition coefficient (Wildman–Crippen LogP) is 5.11. The molecule has 3 rings (SSSR count). The monoisotopic (exact) mass is 360 g/mol. The molecule has 25 heavy (non-hydrogen) atoms. The fraction of sp³-hybridized carbons (Fsp3) is 0.167. The van der Waals surface area contributed by atoms with E-state index in [1.54, 1.807) is 31.2 Å². The number of aryl methyl sites for hydroxylation is 1. The van der Waals surface area contributed by atoms with Gasteiger partial charge in [0, 0.05) is 5.56 Å². The number of carbonyl (C=O) groups is 1. The maximum atomic E-state index is 12.8. The second-order valence-electron chi connectivity index (χ2n) is 5.47. The first-order valence-electron chi connectivity index (χ1n) is 7.28. The van der Waals surface area contributed by atoms with Crippen LogP contribution in [0.3, 0.4) is 0 Å². The van der Waals surface area contributed by atoms with Crippen molar-refractivity contribution in [1.29, 1.82) is 5.26 Å². The molecule has 0 aliphatic rings. The zero-order valence-electron chi connectivity index (χ0n) is 13.0. The van der Waals surface area contributed by atoms with Gasteiger partial charge in [-0.3, -0.25) is 4.79 Å². The van der Waals surface area contributed by atoms with E-state index in [1.165, 1.54) is 6.07 Å². The lowest BCUT2D eigenvalue weighted by molar-refractivity contribution is -0.137. The van der Waals surface area contributed by atoms with Gasteiger partial charge in [-0.15, -0.1) is 11.3 Å². The summed E-state index contributed by atoms with van der Waals surface area (Å²) in [7, 11) is 0. The lowest BCUT2D eigenvalue weighted by Crippen LogP contribution is -2.12. The van der Waals surface area contributed by atoms with Gasteiger partial charge in [-0.2, -0.15) is 18.4 Å². The van der Waals surface area contributed by atoms with Crippen molar-refractivity contribution in [2.24, 2.45) is 0 Å². The number of Topliss-reactive ketones (excluding diaryl/α,β-unsaturated/α-hetero) is 1. The van der Waals surface area contributed by atoms with Gasteiger partial charge in [0.1, 0.15) is 5.01 Å². The van der Waals surface area contributed by atoms with Crippen LogP contribution >= 0.6 is 11.3 Å². The van der Waals surface area contributed by atoms with Gasteiger partial charge >= 0.3 is 6.18 Å². The molecule has 3 nitrogen and oxygen atoms in total. The highest BCUT2D eigenvalue weighted by molar-refractivity contribution is 7.18. The molecule has 0 aliphatic heterocycles. The molecular weight excluding hydrogens is 349 g/mol. The molecule has 0 fully saturated rings. The highest BCUT2D eigenvalue weighted by atomic mass is 32.1. The van der Waals surface area contributed by atoms with Crippen LogP contribution < -0.4 is 0 Å². The van der Waals surface area contributed by atoms with Crippen LogP contribution in [-0.4, -0.2) is 10.8 Å². The Morgan fingerprint density at radius 3 is 2.60 bits per heavy atom. The number of benzene rings is 2. The van der Waals surface area contributed by atoms with Crippen LogP contribution in [0.25, 0.3) is 10.2 Å². The number of ketones is 1. The van der Waals surface area contributed by atoms with E-state index < -0.39 is 23.4 Å². The van der Waals surface area contributed by atoms with Crippen molar-refractivity contribution in [2.45, 2.75) is 19.0 Å². The van der Waals surface area contributed by atoms with Gasteiger partial charge in [-0.1, -0.05) is 24.3 Å². The van der Waals surface area contributed by atoms with Crippen molar-refractivity contribution in [1.82, 2.24) is 4.98 Å². The number of halogens is 3. The Hall–Kier alpha value is -2.72. The molecule has 0 amide bonds. The number of nitrogens with zero attached hydrogens (tertiary/aromatic N) is 2. The van der Waals surface area contributed by atoms with Gasteiger partial charge in [-0.05, 0) is 30.7 Å². The Morgan fingerprint density at radius 2 is 1.96 bits per heavy atom. The van der Waals surface area contributed by atoms with Crippen molar-refractivity contribution in [3.8, 4) is 6.07 Å². The third-order valence-electron chi connectivity index (χ3n) is 3.78. The number of hydrogen-bond donors (Lipinski definition) is 0. The predicted molar refractivity (Wildman–Crippen MR) is 88.5 cm³/mol. The van der Waals surface area contributed by atoms with Crippen LogP contribution in [0.2, 0.25) is 0 Å². The molecule has 1 atom stereocenters. The second-order valence-corrected chi connectivity index (χ2v) is 6.54. The molecule has 0 spiro atoms. The van der Waals surface area contributed by atoms with Crippen molar-refractivity contribution in [2.75, 3.05) is 0 Å². The van der Waals surface area contributed by atoms with Gasteiger partial charge in [0.05, 0.1) is 21.8 Å².